The molecule has 0 unspecified atom stereocenters. The molecule has 0 fully saturated rings. The average molecular weight is 278 g/mol. The largest absolute Gasteiger partial charge is 0.481 e. The SMILES string of the molecule is CCCN(CC)c1ccc(C(=O)NCCC(=O)O)cc1. The summed E-state index contributed by atoms with van der Waals surface area (Å²) in [5, 5.41) is 11.1. The minimum absolute atomic E-state index is 0.0655. The molecule has 0 spiro atoms. The average Bonchev–Trinajstić information content (AvgIpc) is 2.44. The van der Waals surface area contributed by atoms with Crippen LogP contribution in [0.2, 0.25) is 0 Å². The molecular weight excluding hydrogens is 256 g/mol. The standard InChI is InChI=1S/C15H22N2O3/c1-3-11-17(4-2)13-7-5-12(6-8-13)15(20)16-10-9-14(18)19/h5-8H,3-4,9-11H2,1-2H3,(H,16,20)(H,18,19). The van der Waals surface area contributed by atoms with E-state index in [1.807, 2.05) is 12.1 Å². The summed E-state index contributed by atoms with van der Waals surface area (Å²) in [6.07, 6.45) is 1.01. The molecule has 5 nitrogen and oxygen atoms in total. The number of carbonyl (C=O) groups excluding carboxylic acids is 1. The van der Waals surface area contributed by atoms with Crippen LogP contribution in [0.4, 0.5) is 5.69 Å². The fourth-order valence-corrected chi connectivity index (χ4v) is 1.95. The zero-order chi connectivity index (χ0) is 15.0. The number of rotatable bonds is 8. The highest BCUT2D eigenvalue weighted by molar-refractivity contribution is 5.94. The van der Waals surface area contributed by atoms with Crippen LogP contribution in [0.1, 0.15) is 37.0 Å². The van der Waals surface area contributed by atoms with E-state index in [1.165, 1.54) is 0 Å². The van der Waals surface area contributed by atoms with Gasteiger partial charge in [0.2, 0.25) is 0 Å². The second kappa shape index (κ2) is 8.19. The van der Waals surface area contributed by atoms with Crippen molar-refractivity contribution in [1.82, 2.24) is 5.32 Å². The number of aliphatic carboxylic acids is 1. The van der Waals surface area contributed by atoms with Gasteiger partial charge in [-0.2, -0.15) is 0 Å². The fraction of sp³-hybridized carbons (Fsp3) is 0.467. The highest BCUT2D eigenvalue weighted by atomic mass is 16.4. The van der Waals surface area contributed by atoms with Gasteiger partial charge in [-0.15, -0.1) is 0 Å². The van der Waals surface area contributed by atoms with Crippen LogP contribution in [0.5, 0.6) is 0 Å². The first kappa shape index (κ1) is 16.0. The van der Waals surface area contributed by atoms with Gasteiger partial charge in [-0.3, -0.25) is 9.59 Å². The topological polar surface area (TPSA) is 69.6 Å². The zero-order valence-electron chi connectivity index (χ0n) is 12.1. The number of anilines is 1. The van der Waals surface area contributed by atoms with Crippen molar-refractivity contribution >= 4 is 17.6 Å². The zero-order valence-corrected chi connectivity index (χ0v) is 12.1. The molecule has 1 rings (SSSR count). The van der Waals surface area contributed by atoms with Crippen LogP contribution < -0.4 is 10.2 Å². The molecule has 0 aliphatic rings. The van der Waals surface area contributed by atoms with E-state index in [0.717, 1.165) is 25.2 Å². The van der Waals surface area contributed by atoms with Gasteiger partial charge in [-0.05, 0) is 37.6 Å². The summed E-state index contributed by atoms with van der Waals surface area (Å²) in [5.74, 6) is -1.16. The Hall–Kier alpha value is -2.04. The Bertz CT molecular complexity index is 443. The number of carboxylic acids is 1. The van der Waals surface area contributed by atoms with Gasteiger partial charge in [0.15, 0.2) is 0 Å². The Morgan fingerprint density at radius 1 is 1.20 bits per heavy atom. The molecule has 0 atom stereocenters. The Morgan fingerprint density at radius 2 is 1.85 bits per heavy atom. The van der Waals surface area contributed by atoms with Crippen LogP contribution in [0.25, 0.3) is 0 Å². The molecule has 1 aromatic carbocycles. The number of amides is 1. The molecule has 110 valence electrons. The lowest BCUT2D eigenvalue weighted by atomic mass is 10.1. The number of nitrogens with one attached hydrogen (secondary N) is 1. The van der Waals surface area contributed by atoms with Crippen LogP contribution in [0.15, 0.2) is 24.3 Å². The maximum absolute atomic E-state index is 11.8. The van der Waals surface area contributed by atoms with Crippen molar-refractivity contribution in [3.8, 4) is 0 Å². The molecule has 1 amide bonds. The van der Waals surface area contributed by atoms with E-state index in [0.29, 0.717) is 5.56 Å². The Kier molecular flexibility index (Phi) is 6.56. The van der Waals surface area contributed by atoms with Crippen molar-refractivity contribution in [2.75, 3.05) is 24.5 Å². The summed E-state index contributed by atoms with van der Waals surface area (Å²) in [7, 11) is 0. The van der Waals surface area contributed by atoms with Gasteiger partial charge in [0, 0.05) is 30.9 Å². The van der Waals surface area contributed by atoms with Crippen LogP contribution in [-0.4, -0.2) is 36.6 Å². The molecule has 0 heterocycles. The number of hydrogen-bond acceptors (Lipinski definition) is 3. The van der Waals surface area contributed by atoms with Gasteiger partial charge in [0.25, 0.3) is 5.91 Å². The quantitative estimate of drug-likeness (QED) is 0.764. The molecule has 0 saturated heterocycles. The lowest BCUT2D eigenvalue weighted by Crippen LogP contribution is -2.26. The molecule has 0 aliphatic heterocycles. The van der Waals surface area contributed by atoms with Crippen molar-refractivity contribution in [2.45, 2.75) is 26.7 Å². The van der Waals surface area contributed by atoms with Gasteiger partial charge < -0.3 is 15.3 Å². The molecule has 0 saturated carbocycles. The number of hydrogen-bond donors (Lipinski definition) is 2. The Labute approximate surface area is 119 Å². The first-order valence-electron chi connectivity index (χ1n) is 6.93. The molecule has 1 aromatic rings. The van der Waals surface area contributed by atoms with Crippen molar-refractivity contribution in [3.05, 3.63) is 29.8 Å². The Morgan fingerprint density at radius 3 is 2.35 bits per heavy atom. The van der Waals surface area contributed by atoms with Gasteiger partial charge in [0.05, 0.1) is 6.42 Å². The van der Waals surface area contributed by atoms with E-state index < -0.39 is 5.97 Å². The maximum atomic E-state index is 11.8. The second-order valence-electron chi connectivity index (χ2n) is 4.53. The summed E-state index contributed by atoms with van der Waals surface area (Å²) in [5.41, 5.74) is 1.64. The minimum Gasteiger partial charge on any atom is -0.481 e. The van der Waals surface area contributed by atoms with Crippen molar-refractivity contribution in [2.24, 2.45) is 0 Å². The number of nitrogens with zero attached hydrogens (tertiary/aromatic N) is 1. The van der Waals surface area contributed by atoms with Crippen molar-refractivity contribution < 1.29 is 14.7 Å². The molecule has 20 heavy (non-hydrogen) atoms. The predicted molar refractivity (Wildman–Crippen MR) is 79.2 cm³/mol. The van der Waals surface area contributed by atoms with Crippen LogP contribution in [-0.2, 0) is 4.79 Å². The van der Waals surface area contributed by atoms with Gasteiger partial charge in [0.1, 0.15) is 0 Å². The van der Waals surface area contributed by atoms with E-state index in [9.17, 15) is 9.59 Å². The molecule has 0 bridgehead atoms. The lowest BCUT2D eigenvalue weighted by molar-refractivity contribution is -0.136. The summed E-state index contributed by atoms with van der Waals surface area (Å²) < 4.78 is 0. The van der Waals surface area contributed by atoms with Gasteiger partial charge in [-0.1, -0.05) is 6.92 Å². The minimum atomic E-state index is -0.918. The van der Waals surface area contributed by atoms with Crippen LogP contribution in [0, 0.1) is 0 Å². The highest BCUT2D eigenvalue weighted by Crippen LogP contribution is 2.15. The third-order valence-corrected chi connectivity index (χ3v) is 2.99. The number of carboxylic acid groups (broad SMARTS) is 1. The summed E-state index contributed by atoms with van der Waals surface area (Å²) in [6.45, 7) is 6.29. The molecule has 2 N–H and O–H groups in total. The third kappa shape index (κ3) is 4.91. The molecular formula is C15H22N2O3. The number of benzene rings is 1. The number of carbonyl (C=O) groups is 2. The monoisotopic (exact) mass is 278 g/mol. The maximum Gasteiger partial charge on any atom is 0.305 e. The normalized spacial score (nSPS) is 10.1. The lowest BCUT2D eigenvalue weighted by Gasteiger charge is -2.22. The highest BCUT2D eigenvalue weighted by Gasteiger charge is 2.08. The first-order valence-corrected chi connectivity index (χ1v) is 6.93. The summed E-state index contributed by atoms with van der Waals surface area (Å²) in [4.78, 5) is 24.4. The van der Waals surface area contributed by atoms with E-state index >= 15 is 0 Å². The Balaban J connectivity index is 2.61. The summed E-state index contributed by atoms with van der Waals surface area (Å²) in [6, 6.07) is 7.38. The van der Waals surface area contributed by atoms with Crippen molar-refractivity contribution in [1.29, 1.82) is 0 Å². The van der Waals surface area contributed by atoms with Gasteiger partial charge in [-0.25, -0.2) is 0 Å². The van der Waals surface area contributed by atoms with Crippen molar-refractivity contribution in [3.63, 3.8) is 0 Å². The smallest absolute Gasteiger partial charge is 0.305 e. The molecule has 5 heteroatoms. The van der Waals surface area contributed by atoms with Crippen LogP contribution >= 0.6 is 0 Å². The van der Waals surface area contributed by atoms with E-state index in [4.69, 9.17) is 5.11 Å². The first-order chi connectivity index (χ1) is 9.58. The van der Waals surface area contributed by atoms with E-state index in [2.05, 4.69) is 24.1 Å². The van der Waals surface area contributed by atoms with E-state index in [-0.39, 0.29) is 18.9 Å². The second-order valence-corrected chi connectivity index (χ2v) is 4.53. The fourth-order valence-electron chi connectivity index (χ4n) is 1.95. The molecule has 0 aliphatic carbocycles. The summed E-state index contributed by atoms with van der Waals surface area (Å²) >= 11 is 0. The molecule has 0 aromatic heterocycles. The van der Waals surface area contributed by atoms with Crippen LogP contribution in [0.3, 0.4) is 0 Å². The van der Waals surface area contributed by atoms with E-state index in [1.54, 1.807) is 12.1 Å². The van der Waals surface area contributed by atoms with Gasteiger partial charge >= 0.3 is 5.97 Å². The predicted octanol–water partition coefficient (Wildman–Crippen LogP) is 2.13. The molecule has 0 radical (unpaired) electrons. The third-order valence-electron chi connectivity index (χ3n) is 2.99.